The molecule has 4 nitrogen and oxygen atoms in total. The first kappa shape index (κ1) is 20.9. The van der Waals surface area contributed by atoms with Crippen molar-refractivity contribution >= 4 is 0 Å². The Morgan fingerprint density at radius 3 is 2.38 bits per heavy atom. The molecule has 0 aromatic heterocycles. The average Bonchev–Trinajstić information content (AvgIpc) is 2.48. The number of hydrogen-bond acceptors (Lipinski definition) is 4. The SMILES string of the molecule is Cc1cc(O)c(C(C)(C)C)cc1CC(O)CCCNCCCCO. The number of aliphatic hydroxyl groups excluding tert-OH is 2. The minimum absolute atomic E-state index is 0.115. The van der Waals surface area contributed by atoms with Gasteiger partial charge in [-0.2, -0.15) is 0 Å². The van der Waals surface area contributed by atoms with E-state index in [1.165, 1.54) is 0 Å². The van der Waals surface area contributed by atoms with Crippen LogP contribution in [-0.2, 0) is 11.8 Å². The fourth-order valence-corrected chi connectivity index (χ4v) is 2.86. The van der Waals surface area contributed by atoms with Gasteiger partial charge in [-0.25, -0.2) is 0 Å². The summed E-state index contributed by atoms with van der Waals surface area (Å²) in [7, 11) is 0. The summed E-state index contributed by atoms with van der Waals surface area (Å²) >= 11 is 0. The lowest BCUT2D eigenvalue weighted by Gasteiger charge is -2.23. The molecule has 1 aromatic carbocycles. The monoisotopic (exact) mass is 337 g/mol. The molecule has 1 unspecified atom stereocenters. The van der Waals surface area contributed by atoms with Crippen molar-refractivity contribution in [3.63, 3.8) is 0 Å². The quantitative estimate of drug-likeness (QED) is 0.495. The van der Waals surface area contributed by atoms with Crippen LogP contribution in [0.1, 0.15) is 63.1 Å². The van der Waals surface area contributed by atoms with Crippen molar-refractivity contribution in [3.05, 3.63) is 28.8 Å². The molecule has 138 valence electrons. The van der Waals surface area contributed by atoms with Crippen LogP contribution in [0.5, 0.6) is 5.75 Å². The molecule has 0 saturated carbocycles. The summed E-state index contributed by atoms with van der Waals surface area (Å²) in [5.74, 6) is 0.338. The number of phenolic OH excluding ortho intramolecular Hbond substituents is 1. The van der Waals surface area contributed by atoms with Gasteiger partial charge >= 0.3 is 0 Å². The molecular formula is C20H35NO3. The van der Waals surface area contributed by atoms with E-state index >= 15 is 0 Å². The Labute approximate surface area is 146 Å². The second-order valence-electron chi connectivity index (χ2n) is 7.73. The molecule has 0 aliphatic rings. The molecule has 0 aliphatic heterocycles. The molecule has 0 spiro atoms. The highest BCUT2D eigenvalue weighted by Gasteiger charge is 2.20. The van der Waals surface area contributed by atoms with Crippen molar-refractivity contribution in [1.29, 1.82) is 0 Å². The Morgan fingerprint density at radius 1 is 1.08 bits per heavy atom. The van der Waals surface area contributed by atoms with Crippen LogP contribution in [0.3, 0.4) is 0 Å². The van der Waals surface area contributed by atoms with Crippen molar-refractivity contribution < 1.29 is 15.3 Å². The first-order valence-corrected chi connectivity index (χ1v) is 9.08. The molecule has 1 rings (SSSR count). The number of aryl methyl sites for hydroxylation is 1. The summed E-state index contributed by atoms with van der Waals surface area (Å²) in [6.07, 6.45) is 3.79. The lowest BCUT2D eigenvalue weighted by molar-refractivity contribution is 0.161. The maximum absolute atomic E-state index is 10.3. The van der Waals surface area contributed by atoms with Crippen LogP contribution in [0, 0.1) is 6.92 Å². The molecule has 1 atom stereocenters. The molecule has 0 saturated heterocycles. The summed E-state index contributed by atoms with van der Waals surface area (Å²) in [5.41, 5.74) is 2.96. The number of hydrogen-bond donors (Lipinski definition) is 4. The van der Waals surface area contributed by atoms with Crippen LogP contribution in [-0.4, -0.2) is 41.1 Å². The second-order valence-corrected chi connectivity index (χ2v) is 7.73. The summed E-state index contributed by atoms with van der Waals surface area (Å²) < 4.78 is 0. The molecule has 0 heterocycles. The Bertz CT molecular complexity index is 494. The molecular weight excluding hydrogens is 302 g/mol. The molecule has 0 fully saturated rings. The van der Waals surface area contributed by atoms with Gasteiger partial charge in [0.25, 0.3) is 0 Å². The van der Waals surface area contributed by atoms with Gasteiger partial charge in [-0.05, 0) is 80.3 Å². The van der Waals surface area contributed by atoms with E-state index in [0.717, 1.165) is 55.5 Å². The number of aromatic hydroxyl groups is 1. The summed E-state index contributed by atoms with van der Waals surface area (Å²) in [6.45, 7) is 10.3. The fourth-order valence-electron chi connectivity index (χ4n) is 2.86. The van der Waals surface area contributed by atoms with Crippen LogP contribution in [0.15, 0.2) is 12.1 Å². The largest absolute Gasteiger partial charge is 0.508 e. The van der Waals surface area contributed by atoms with E-state index in [0.29, 0.717) is 12.2 Å². The van der Waals surface area contributed by atoms with Crippen molar-refractivity contribution in [3.8, 4) is 5.75 Å². The highest BCUT2D eigenvalue weighted by atomic mass is 16.3. The first-order chi connectivity index (χ1) is 11.3. The fraction of sp³-hybridized carbons (Fsp3) is 0.700. The molecule has 4 heteroatoms. The van der Waals surface area contributed by atoms with Gasteiger partial charge in [-0.3, -0.25) is 0 Å². The van der Waals surface area contributed by atoms with E-state index in [9.17, 15) is 10.2 Å². The maximum Gasteiger partial charge on any atom is 0.119 e. The molecule has 0 bridgehead atoms. The Balaban J connectivity index is 2.48. The third-order valence-corrected chi connectivity index (χ3v) is 4.37. The Kier molecular flexibility index (Phi) is 8.74. The van der Waals surface area contributed by atoms with Gasteiger partial charge in [0.1, 0.15) is 5.75 Å². The second kappa shape index (κ2) is 10.0. The minimum Gasteiger partial charge on any atom is -0.508 e. The van der Waals surface area contributed by atoms with E-state index < -0.39 is 0 Å². The zero-order valence-electron chi connectivity index (χ0n) is 15.7. The van der Waals surface area contributed by atoms with Gasteiger partial charge in [0.2, 0.25) is 0 Å². The molecule has 0 amide bonds. The molecule has 24 heavy (non-hydrogen) atoms. The van der Waals surface area contributed by atoms with Gasteiger partial charge < -0.3 is 20.6 Å². The zero-order valence-corrected chi connectivity index (χ0v) is 15.7. The average molecular weight is 338 g/mol. The number of nitrogens with one attached hydrogen (secondary N) is 1. The normalized spacial score (nSPS) is 13.2. The highest BCUT2D eigenvalue weighted by molar-refractivity contribution is 5.45. The zero-order chi connectivity index (χ0) is 18.2. The third-order valence-electron chi connectivity index (χ3n) is 4.37. The predicted molar refractivity (Wildman–Crippen MR) is 99.7 cm³/mol. The van der Waals surface area contributed by atoms with Crippen molar-refractivity contribution in [1.82, 2.24) is 5.32 Å². The Morgan fingerprint density at radius 2 is 1.75 bits per heavy atom. The molecule has 1 aromatic rings. The van der Waals surface area contributed by atoms with E-state index in [4.69, 9.17) is 5.11 Å². The summed E-state index contributed by atoms with van der Waals surface area (Å²) in [5, 5.41) is 32.5. The van der Waals surface area contributed by atoms with Crippen LogP contribution in [0.2, 0.25) is 0 Å². The summed E-state index contributed by atoms with van der Waals surface area (Å²) in [4.78, 5) is 0. The van der Waals surface area contributed by atoms with Gasteiger partial charge in [-0.1, -0.05) is 26.8 Å². The third kappa shape index (κ3) is 7.20. The smallest absolute Gasteiger partial charge is 0.119 e. The maximum atomic E-state index is 10.3. The topological polar surface area (TPSA) is 72.7 Å². The molecule has 0 aliphatic carbocycles. The van der Waals surface area contributed by atoms with E-state index in [2.05, 4.69) is 26.1 Å². The highest BCUT2D eigenvalue weighted by Crippen LogP contribution is 2.33. The van der Waals surface area contributed by atoms with Crippen molar-refractivity contribution in [2.75, 3.05) is 19.7 Å². The Hall–Kier alpha value is -1.10. The number of benzene rings is 1. The van der Waals surface area contributed by atoms with E-state index in [-0.39, 0.29) is 18.1 Å². The standard InChI is InChI=1S/C20H35NO3/c1-15-12-19(24)18(20(2,3)4)14-16(15)13-17(23)8-7-10-21-9-5-6-11-22/h12,14,17,21-24H,5-11,13H2,1-4H3. The van der Waals surface area contributed by atoms with Crippen LogP contribution in [0.25, 0.3) is 0 Å². The lowest BCUT2D eigenvalue weighted by atomic mass is 9.83. The van der Waals surface area contributed by atoms with Crippen LogP contribution >= 0.6 is 0 Å². The van der Waals surface area contributed by atoms with Crippen LogP contribution < -0.4 is 5.32 Å². The lowest BCUT2D eigenvalue weighted by Crippen LogP contribution is -2.20. The van der Waals surface area contributed by atoms with Gasteiger partial charge in [0, 0.05) is 6.61 Å². The van der Waals surface area contributed by atoms with Crippen molar-refractivity contribution in [2.24, 2.45) is 0 Å². The number of aliphatic hydroxyl groups is 2. The molecule has 0 radical (unpaired) electrons. The predicted octanol–water partition coefficient (Wildman–Crippen LogP) is 3.04. The van der Waals surface area contributed by atoms with Gasteiger partial charge in [-0.15, -0.1) is 0 Å². The summed E-state index contributed by atoms with van der Waals surface area (Å²) in [6, 6.07) is 3.85. The first-order valence-electron chi connectivity index (χ1n) is 9.08. The molecule has 4 N–H and O–H groups in total. The number of rotatable bonds is 10. The van der Waals surface area contributed by atoms with E-state index in [1.54, 1.807) is 0 Å². The van der Waals surface area contributed by atoms with Crippen LogP contribution in [0.4, 0.5) is 0 Å². The minimum atomic E-state index is -0.361. The number of phenols is 1. The number of unbranched alkanes of at least 4 members (excludes halogenated alkanes) is 1. The van der Waals surface area contributed by atoms with Gasteiger partial charge in [0.15, 0.2) is 0 Å². The van der Waals surface area contributed by atoms with Crippen molar-refractivity contribution in [2.45, 2.75) is 71.3 Å². The van der Waals surface area contributed by atoms with Gasteiger partial charge in [0.05, 0.1) is 6.10 Å². The van der Waals surface area contributed by atoms with E-state index in [1.807, 2.05) is 19.1 Å².